The normalized spacial score (nSPS) is 10.2. The van der Waals surface area contributed by atoms with Gasteiger partial charge in [0.2, 0.25) is 5.91 Å². The molecular weight excluding hydrogens is 316 g/mol. The molecule has 0 fully saturated rings. The molecule has 0 heterocycles. The Kier molecular flexibility index (Phi) is 4.79. The minimum Gasteiger partial charge on any atom is -0.375 e. The minimum atomic E-state index is -0.0674. The number of carbonyl (C=O) groups excluding carboxylic acids is 1. The first-order chi connectivity index (χ1) is 9.56. The van der Waals surface area contributed by atoms with Gasteiger partial charge in [0.25, 0.3) is 0 Å². The number of benzene rings is 2. The van der Waals surface area contributed by atoms with Crippen LogP contribution in [0.2, 0.25) is 0 Å². The van der Waals surface area contributed by atoms with Gasteiger partial charge in [0.05, 0.1) is 6.54 Å². The lowest BCUT2D eigenvalue weighted by Crippen LogP contribution is -2.21. The zero-order chi connectivity index (χ0) is 14.5. The van der Waals surface area contributed by atoms with Crippen molar-refractivity contribution in [2.45, 2.75) is 13.8 Å². The highest BCUT2D eigenvalue weighted by Gasteiger charge is 2.05. The summed E-state index contributed by atoms with van der Waals surface area (Å²) in [4.78, 5) is 11.9. The van der Waals surface area contributed by atoms with Crippen molar-refractivity contribution in [2.75, 3.05) is 17.2 Å². The van der Waals surface area contributed by atoms with Gasteiger partial charge >= 0.3 is 0 Å². The molecule has 0 atom stereocenters. The molecular formula is C16H17BrN2O. The molecule has 0 unspecified atom stereocenters. The van der Waals surface area contributed by atoms with Crippen LogP contribution < -0.4 is 10.6 Å². The molecule has 0 saturated heterocycles. The summed E-state index contributed by atoms with van der Waals surface area (Å²) in [5.41, 5.74) is 4.04. The van der Waals surface area contributed by atoms with Gasteiger partial charge in [-0.1, -0.05) is 29.8 Å². The average Bonchev–Trinajstić information content (AvgIpc) is 2.43. The van der Waals surface area contributed by atoms with Gasteiger partial charge < -0.3 is 10.6 Å². The van der Waals surface area contributed by atoms with E-state index in [1.54, 1.807) is 0 Å². The van der Waals surface area contributed by atoms with E-state index in [1.807, 2.05) is 56.3 Å². The molecule has 0 aromatic heterocycles. The van der Waals surface area contributed by atoms with Crippen LogP contribution >= 0.6 is 15.9 Å². The molecule has 2 N–H and O–H groups in total. The van der Waals surface area contributed by atoms with E-state index in [1.165, 1.54) is 5.56 Å². The Morgan fingerprint density at radius 3 is 2.50 bits per heavy atom. The van der Waals surface area contributed by atoms with Gasteiger partial charge in [0, 0.05) is 15.8 Å². The van der Waals surface area contributed by atoms with Crippen LogP contribution in [0.15, 0.2) is 46.9 Å². The molecule has 4 heteroatoms. The molecule has 2 aromatic carbocycles. The molecule has 3 nitrogen and oxygen atoms in total. The summed E-state index contributed by atoms with van der Waals surface area (Å²) in [6.45, 7) is 4.26. The van der Waals surface area contributed by atoms with E-state index in [2.05, 4.69) is 26.6 Å². The van der Waals surface area contributed by atoms with Crippen molar-refractivity contribution in [3.63, 3.8) is 0 Å². The Bertz CT molecular complexity index is 608. The predicted molar refractivity (Wildman–Crippen MR) is 87.2 cm³/mol. The Labute approximate surface area is 127 Å². The average molecular weight is 333 g/mol. The molecule has 0 spiro atoms. The lowest BCUT2D eigenvalue weighted by atomic mass is 10.2. The van der Waals surface area contributed by atoms with Crippen LogP contribution in [0.1, 0.15) is 11.1 Å². The van der Waals surface area contributed by atoms with Crippen molar-refractivity contribution in [1.29, 1.82) is 0 Å². The maximum absolute atomic E-state index is 11.9. The smallest absolute Gasteiger partial charge is 0.243 e. The molecule has 104 valence electrons. The van der Waals surface area contributed by atoms with Crippen LogP contribution in [0.5, 0.6) is 0 Å². The van der Waals surface area contributed by atoms with Gasteiger partial charge in [-0.15, -0.1) is 0 Å². The van der Waals surface area contributed by atoms with Gasteiger partial charge in [-0.3, -0.25) is 4.79 Å². The summed E-state index contributed by atoms with van der Waals surface area (Å²) in [5.74, 6) is -0.0674. The molecule has 1 amide bonds. The van der Waals surface area contributed by atoms with Gasteiger partial charge in [-0.25, -0.2) is 0 Å². The van der Waals surface area contributed by atoms with Gasteiger partial charge in [-0.2, -0.15) is 0 Å². The number of carbonyl (C=O) groups is 1. The largest absolute Gasteiger partial charge is 0.375 e. The Morgan fingerprint density at radius 2 is 1.80 bits per heavy atom. The minimum absolute atomic E-state index is 0.0674. The Balaban J connectivity index is 1.92. The van der Waals surface area contributed by atoms with Crippen LogP contribution in [0.25, 0.3) is 0 Å². The number of hydrogen-bond acceptors (Lipinski definition) is 2. The van der Waals surface area contributed by atoms with Crippen LogP contribution in [0, 0.1) is 13.8 Å². The van der Waals surface area contributed by atoms with Crippen LogP contribution in [-0.2, 0) is 4.79 Å². The summed E-state index contributed by atoms with van der Waals surface area (Å²) in [5, 5.41) is 5.98. The molecule has 2 aromatic rings. The number of anilines is 2. The zero-order valence-electron chi connectivity index (χ0n) is 11.5. The lowest BCUT2D eigenvalue weighted by molar-refractivity contribution is -0.114. The predicted octanol–water partition coefficient (Wildman–Crippen LogP) is 4.12. The van der Waals surface area contributed by atoms with E-state index in [9.17, 15) is 4.79 Å². The fourth-order valence-electron chi connectivity index (χ4n) is 1.80. The summed E-state index contributed by atoms with van der Waals surface area (Å²) in [6.07, 6.45) is 0. The zero-order valence-corrected chi connectivity index (χ0v) is 13.1. The van der Waals surface area contributed by atoms with Crippen molar-refractivity contribution in [1.82, 2.24) is 0 Å². The molecule has 2 rings (SSSR count). The third kappa shape index (κ3) is 3.84. The highest BCUT2D eigenvalue weighted by molar-refractivity contribution is 9.10. The molecule has 0 aliphatic carbocycles. The molecule has 0 saturated carbocycles. The fraction of sp³-hybridized carbons (Fsp3) is 0.188. The van der Waals surface area contributed by atoms with Gasteiger partial charge in [0.1, 0.15) is 0 Å². The SMILES string of the molecule is Cc1ccc(NC(=O)CNc2cccc(C)c2Br)cc1. The topological polar surface area (TPSA) is 41.1 Å². The van der Waals surface area contributed by atoms with E-state index in [0.717, 1.165) is 21.4 Å². The summed E-state index contributed by atoms with van der Waals surface area (Å²) < 4.78 is 0.989. The Morgan fingerprint density at radius 1 is 1.10 bits per heavy atom. The highest BCUT2D eigenvalue weighted by Crippen LogP contribution is 2.25. The van der Waals surface area contributed by atoms with E-state index in [-0.39, 0.29) is 12.5 Å². The number of halogens is 1. The first kappa shape index (κ1) is 14.6. The number of rotatable bonds is 4. The summed E-state index contributed by atoms with van der Waals surface area (Å²) in [7, 11) is 0. The van der Waals surface area contributed by atoms with Crippen LogP contribution in [0.3, 0.4) is 0 Å². The van der Waals surface area contributed by atoms with E-state index in [4.69, 9.17) is 0 Å². The quantitative estimate of drug-likeness (QED) is 0.884. The third-order valence-electron chi connectivity index (χ3n) is 2.97. The van der Waals surface area contributed by atoms with Gasteiger partial charge in [0.15, 0.2) is 0 Å². The first-order valence-electron chi connectivity index (χ1n) is 6.42. The van der Waals surface area contributed by atoms with E-state index >= 15 is 0 Å². The summed E-state index contributed by atoms with van der Waals surface area (Å²) in [6, 6.07) is 13.7. The maximum atomic E-state index is 11.9. The van der Waals surface area contributed by atoms with Crippen molar-refractivity contribution >= 4 is 33.2 Å². The summed E-state index contributed by atoms with van der Waals surface area (Å²) >= 11 is 3.51. The van der Waals surface area contributed by atoms with Crippen LogP contribution in [-0.4, -0.2) is 12.5 Å². The number of aryl methyl sites for hydroxylation is 2. The second-order valence-corrected chi connectivity index (χ2v) is 5.50. The number of nitrogens with one attached hydrogen (secondary N) is 2. The van der Waals surface area contributed by atoms with Crippen LogP contribution in [0.4, 0.5) is 11.4 Å². The maximum Gasteiger partial charge on any atom is 0.243 e. The van der Waals surface area contributed by atoms with Gasteiger partial charge in [-0.05, 0) is 53.5 Å². The van der Waals surface area contributed by atoms with Crippen molar-refractivity contribution in [2.24, 2.45) is 0 Å². The fourth-order valence-corrected chi connectivity index (χ4v) is 2.21. The lowest BCUT2D eigenvalue weighted by Gasteiger charge is -2.10. The number of amides is 1. The highest BCUT2D eigenvalue weighted by atomic mass is 79.9. The van der Waals surface area contributed by atoms with E-state index < -0.39 is 0 Å². The van der Waals surface area contributed by atoms with Crippen molar-refractivity contribution in [3.8, 4) is 0 Å². The number of hydrogen-bond donors (Lipinski definition) is 2. The molecule has 20 heavy (non-hydrogen) atoms. The Hall–Kier alpha value is -1.81. The second kappa shape index (κ2) is 6.57. The van der Waals surface area contributed by atoms with E-state index in [0.29, 0.717) is 0 Å². The molecule has 0 aliphatic heterocycles. The standard InChI is InChI=1S/C16H17BrN2O/c1-11-6-8-13(9-7-11)19-15(20)10-18-14-5-3-4-12(2)16(14)17/h3-9,18H,10H2,1-2H3,(H,19,20). The monoisotopic (exact) mass is 332 g/mol. The first-order valence-corrected chi connectivity index (χ1v) is 7.21. The molecule has 0 bridgehead atoms. The molecule has 0 radical (unpaired) electrons. The molecule has 0 aliphatic rings. The van der Waals surface area contributed by atoms with Crippen molar-refractivity contribution < 1.29 is 4.79 Å². The second-order valence-electron chi connectivity index (χ2n) is 4.70. The third-order valence-corrected chi connectivity index (χ3v) is 4.02. The van der Waals surface area contributed by atoms with Crippen molar-refractivity contribution in [3.05, 3.63) is 58.1 Å².